The fourth-order valence-corrected chi connectivity index (χ4v) is 3.10. The molecule has 9 heteroatoms. The summed E-state index contributed by atoms with van der Waals surface area (Å²) in [5.74, 6) is -1.28. The quantitative estimate of drug-likeness (QED) is 0.828. The van der Waals surface area contributed by atoms with Gasteiger partial charge in [-0.25, -0.2) is 4.79 Å². The van der Waals surface area contributed by atoms with Gasteiger partial charge in [-0.05, 0) is 35.0 Å². The number of carbonyl (C=O) groups is 2. The Morgan fingerprint density at radius 3 is 2.47 bits per heavy atom. The van der Waals surface area contributed by atoms with Crippen molar-refractivity contribution in [1.29, 1.82) is 0 Å². The first-order valence-electron chi connectivity index (χ1n) is 5.10. The maximum Gasteiger partial charge on any atom is 0.420 e. The molecular formula is C10H8BrF3N2O2S. The topological polar surface area (TPSA) is 49.4 Å². The van der Waals surface area contributed by atoms with Crippen molar-refractivity contribution in [2.75, 3.05) is 0 Å². The number of hydrogen-bond acceptors (Lipinski definition) is 3. The minimum Gasteiger partial charge on any atom is -0.316 e. The van der Waals surface area contributed by atoms with Crippen LogP contribution in [0, 0.1) is 0 Å². The monoisotopic (exact) mass is 356 g/mol. The summed E-state index contributed by atoms with van der Waals surface area (Å²) in [6.07, 6.45) is -4.83. The van der Waals surface area contributed by atoms with Gasteiger partial charge < -0.3 is 5.32 Å². The molecule has 1 N–H and O–H groups in total. The summed E-state index contributed by atoms with van der Waals surface area (Å²) in [5.41, 5.74) is -2.85. The van der Waals surface area contributed by atoms with Gasteiger partial charge in [-0.3, -0.25) is 9.69 Å². The highest BCUT2D eigenvalue weighted by Crippen LogP contribution is 2.36. The van der Waals surface area contributed by atoms with Gasteiger partial charge in [-0.1, -0.05) is 0 Å². The highest BCUT2D eigenvalue weighted by molar-refractivity contribution is 9.11. The third-order valence-electron chi connectivity index (χ3n) is 2.78. The first-order chi connectivity index (χ1) is 8.65. The average Bonchev–Trinajstić information content (AvgIpc) is 2.76. The summed E-state index contributed by atoms with van der Waals surface area (Å²) in [6, 6.07) is 2.30. The molecule has 0 bridgehead atoms. The Labute approximate surface area is 118 Å². The fourth-order valence-electron chi connectivity index (χ4n) is 1.63. The first-order valence-corrected chi connectivity index (χ1v) is 6.71. The van der Waals surface area contributed by atoms with Gasteiger partial charge in [-0.2, -0.15) is 13.2 Å². The van der Waals surface area contributed by atoms with Crippen LogP contribution in [0.2, 0.25) is 0 Å². The van der Waals surface area contributed by atoms with Crippen LogP contribution < -0.4 is 5.32 Å². The predicted octanol–water partition coefficient (Wildman–Crippen LogP) is 2.88. The Balaban J connectivity index is 2.24. The van der Waals surface area contributed by atoms with E-state index in [1.54, 1.807) is 17.4 Å². The second-order valence-electron chi connectivity index (χ2n) is 4.15. The molecule has 1 aliphatic rings. The van der Waals surface area contributed by atoms with Gasteiger partial charge in [0.05, 0.1) is 10.3 Å². The predicted molar refractivity (Wildman–Crippen MR) is 65.6 cm³/mol. The van der Waals surface area contributed by atoms with Crippen molar-refractivity contribution >= 4 is 39.2 Å². The molecule has 0 saturated carbocycles. The van der Waals surface area contributed by atoms with Gasteiger partial charge in [0, 0.05) is 4.88 Å². The Kier molecular flexibility index (Phi) is 3.38. The Bertz CT molecular complexity index is 545. The zero-order chi connectivity index (χ0) is 14.4. The lowest BCUT2D eigenvalue weighted by atomic mass is 10.0. The van der Waals surface area contributed by atoms with Crippen molar-refractivity contribution < 1.29 is 22.8 Å². The van der Waals surface area contributed by atoms with E-state index in [1.807, 2.05) is 0 Å². The molecule has 1 aromatic heterocycles. The van der Waals surface area contributed by atoms with E-state index in [4.69, 9.17) is 0 Å². The maximum absolute atomic E-state index is 12.8. The van der Waals surface area contributed by atoms with E-state index in [1.165, 1.54) is 11.3 Å². The van der Waals surface area contributed by atoms with E-state index in [2.05, 4.69) is 15.9 Å². The van der Waals surface area contributed by atoms with Crippen molar-refractivity contribution in [1.82, 2.24) is 10.2 Å². The van der Waals surface area contributed by atoms with Crippen LogP contribution in [-0.4, -0.2) is 28.6 Å². The van der Waals surface area contributed by atoms with Crippen molar-refractivity contribution in [2.45, 2.75) is 25.2 Å². The van der Waals surface area contributed by atoms with Gasteiger partial charge in [0.15, 0.2) is 0 Å². The van der Waals surface area contributed by atoms with Crippen LogP contribution in [-0.2, 0) is 11.3 Å². The molecule has 0 spiro atoms. The number of hydrogen-bond donors (Lipinski definition) is 1. The summed E-state index contributed by atoms with van der Waals surface area (Å²) in [4.78, 5) is 24.5. The van der Waals surface area contributed by atoms with Crippen LogP contribution in [0.3, 0.4) is 0 Å². The van der Waals surface area contributed by atoms with Crippen molar-refractivity contribution in [3.63, 3.8) is 0 Å². The summed E-state index contributed by atoms with van der Waals surface area (Å²) in [5, 5.41) is 1.70. The SMILES string of the molecule is CC1(C(F)(F)F)NC(=O)N(Cc2ccc(Br)s2)C1=O. The maximum atomic E-state index is 12.8. The second kappa shape index (κ2) is 4.48. The van der Waals surface area contributed by atoms with Crippen LogP contribution in [0.4, 0.5) is 18.0 Å². The summed E-state index contributed by atoms with van der Waals surface area (Å²) >= 11 is 4.45. The van der Waals surface area contributed by atoms with Crippen molar-refractivity contribution in [3.8, 4) is 0 Å². The van der Waals surface area contributed by atoms with Crippen LogP contribution in [0.1, 0.15) is 11.8 Å². The second-order valence-corrected chi connectivity index (χ2v) is 6.70. The smallest absolute Gasteiger partial charge is 0.316 e. The fraction of sp³-hybridized carbons (Fsp3) is 0.400. The third kappa shape index (κ3) is 2.36. The number of halogens is 4. The van der Waals surface area contributed by atoms with Crippen LogP contribution >= 0.6 is 27.3 Å². The molecule has 0 aromatic carbocycles. The largest absolute Gasteiger partial charge is 0.420 e. The van der Waals surface area contributed by atoms with E-state index in [0.29, 0.717) is 16.7 Å². The van der Waals surface area contributed by atoms with E-state index in [-0.39, 0.29) is 6.54 Å². The van der Waals surface area contributed by atoms with Crippen molar-refractivity contribution in [2.24, 2.45) is 0 Å². The van der Waals surface area contributed by atoms with Crippen LogP contribution in [0.5, 0.6) is 0 Å². The zero-order valence-corrected chi connectivity index (χ0v) is 11.9. The molecule has 1 saturated heterocycles. The molecule has 1 unspecified atom stereocenters. The zero-order valence-electron chi connectivity index (χ0n) is 9.55. The van der Waals surface area contributed by atoms with Crippen LogP contribution in [0.15, 0.2) is 15.9 Å². The number of nitrogens with one attached hydrogen (secondary N) is 1. The van der Waals surface area contributed by atoms with Gasteiger partial charge in [0.1, 0.15) is 0 Å². The van der Waals surface area contributed by atoms with Gasteiger partial charge in [-0.15, -0.1) is 11.3 Å². The molecule has 4 nitrogen and oxygen atoms in total. The molecule has 1 aromatic rings. The highest BCUT2D eigenvalue weighted by Gasteiger charge is 2.64. The third-order valence-corrected chi connectivity index (χ3v) is 4.39. The number of nitrogens with zero attached hydrogens (tertiary/aromatic N) is 1. The van der Waals surface area contributed by atoms with Crippen LogP contribution in [0.25, 0.3) is 0 Å². The molecule has 1 aliphatic heterocycles. The minimum atomic E-state index is -4.83. The summed E-state index contributed by atoms with van der Waals surface area (Å²) in [6.45, 7) is 0.490. The number of urea groups is 1. The minimum absolute atomic E-state index is 0.174. The van der Waals surface area contributed by atoms with E-state index < -0.39 is 23.7 Å². The number of carbonyl (C=O) groups excluding carboxylic acids is 2. The molecular weight excluding hydrogens is 349 g/mol. The lowest BCUT2D eigenvalue weighted by molar-refractivity contribution is -0.191. The van der Waals surface area contributed by atoms with E-state index in [0.717, 1.165) is 3.79 Å². The molecule has 2 heterocycles. The first kappa shape index (κ1) is 14.3. The molecule has 0 aliphatic carbocycles. The Hall–Kier alpha value is -1.09. The molecule has 1 atom stereocenters. The highest BCUT2D eigenvalue weighted by atomic mass is 79.9. The molecule has 2 rings (SSSR count). The average molecular weight is 357 g/mol. The van der Waals surface area contributed by atoms with Gasteiger partial charge >= 0.3 is 12.2 Å². The molecule has 104 valence electrons. The molecule has 19 heavy (non-hydrogen) atoms. The van der Waals surface area contributed by atoms with Gasteiger partial charge in [0.25, 0.3) is 5.91 Å². The Morgan fingerprint density at radius 2 is 2.05 bits per heavy atom. The summed E-state index contributed by atoms with van der Waals surface area (Å²) < 4.78 is 39.2. The number of alkyl halides is 3. The summed E-state index contributed by atoms with van der Waals surface area (Å²) in [7, 11) is 0. The lowest BCUT2D eigenvalue weighted by Gasteiger charge is -2.24. The van der Waals surface area contributed by atoms with E-state index in [9.17, 15) is 22.8 Å². The normalized spacial score (nSPS) is 23.9. The molecule has 3 amide bonds. The number of rotatable bonds is 2. The molecule has 0 radical (unpaired) electrons. The van der Waals surface area contributed by atoms with Crippen molar-refractivity contribution in [3.05, 3.63) is 20.8 Å². The number of thiophene rings is 1. The van der Waals surface area contributed by atoms with E-state index >= 15 is 0 Å². The standard InChI is InChI=1S/C10H8BrF3N2O2S/c1-9(10(12,13)14)7(17)16(8(18)15-9)4-5-2-3-6(11)19-5/h2-3H,4H2,1H3,(H,15,18). The number of imide groups is 1. The lowest BCUT2D eigenvalue weighted by Crippen LogP contribution is -2.56. The number of amides is 3. The molecule has 1 fully saturated rings. The van der Waals surface area contributed by atoms with Gasteiger partial charge in [0.2, 0.25) is 5.54 Å². The Morgan fingerprint density at radius 1 is 1.42 bits per heavy atom.